The standard InChI is InChI=1S/C25H18N4O8S/c1-2-37-25(32)20-18-4-3-5-19(26-22(30)14-6-10-16(11-7-14)28(33)34)21(18)38-24(20)27-23(31)15-8-12-17(13-9-15)29(35)36/h3-13H,2H2,1H3,(H,26,30)(H,27,31). The molecular weight excluding hydrogens is 516 g/mol. The van der Waals surface area contributed by atoms with Crippen LogP contribution in [0.25, 0.3) is 10.1 Å². The highest BCUT2D eigenvalue weighted by molar-refractivity contribution is 7.24. The zero-order valence-corrected chi connectivity index (χ0v) is 20.4. The molecule has 38 heavy (non-hydrogen) atoms. The number of hydrogen-bond donors (Lipinski definition) is 2. The number of nitrogens with one attached hydrogen (secondary N) is 2. The Morgan fingerprint density at radius 1 is 0.816 bits per heavy atom. The van der Waals surface area contributed by atoms with Crippen molar-refractivity contribution in [2.45, 2.75) is 6.92 Å². The number of thiophene rings is 1. The number of benzene rings is 3. The van der Waals surface area contributed by atoms with Crippen LogP contribution < -0.4 is 10.6 Å². The molecule has 0 aliphatic rings. The van der Waals surface area contributed by atoms with Gasteiger partial charge in [0.2, 0.25) is 0 Å². The number of nitro benzene ring substituents is 2. The Hall–Kier alpha value is -5.17. The van der Waals surface area contributed by atoms with Crippen molar-refractivity contribution >= 4 is 61.3 Å². The molecule has 0 aliphatic heterocycles. The zero-order valence-electron chi connectivity index (χ0n) is 19.6. The summed E-state index contributed by atoms with van der Waals surface area (Å²) in [5, 5.41) is 27.8. The van der Waals surface area contributed by atoms with Crippen molar-refractivity contribution < 1.29 is 29.0 Å². The second kappa shape index (κ2) is 10.8. The maximum Gasteiger partial charge on any atom is 0.341 e. The van der Waals surface area contributed by atoms with E-state index in [9.17, 15) is 34.6 Å². The first-order chi connectivity index (χ1) is 18.2. The Morgan fingerprint density at radius 2 is 1.34 bits per heavy atom. The number of anilines is 2. The van der Waals surface area contributed by atoms with Crippen LogP contribution in [0.1, 0.15) is 38.0 Å². The molecule has 0 saturated heterocycles. The molecule has 0 saturated carbocycles. The number of rotatable bonds is 8. The van der Waals surface area contributed by atoms with Crippen LogP contribution in [0.5, 0.6) is 0 Å². The van der Waals surface area contributed by atoms with Crippen LogP contribution in [0, 0.1) is 20.2 Å². The molecule has 0 unspecified atom stereocenters. The molecule has 12 nitrogen and oxygen atoms in total. The van der Waals surface area contributed by atoms with Crippen LogP contribution in [0.3, 0.4) is 0 Å². The van der Waals surface area contributed by atoms with Crippen molar-refractivity contribution in [2.24, 2.45) is 0 Å². The number of esters is 1. The molecular formula is C25H18N4O8S. The van der Waals surface area contributed by atoms with Crippen molar-refractivity contribution in [2.75, 3.05) is 17.2 Å². The summed E-state index contributed by atoms with van der Waals surface area (Å²) in [6, 6.07) is 14.9. The summed E-state index contributed by atoms with van der Waals surface area (Å²) in [6.45, 7) is 1.72. The molecule has 1 heterocycles. The van der Waals surface area contributed by atoms with Gasteiger partial charge in [0.25, 0.3) is 23.2 Å². The average molecular weight is 535 g/mol. The number of nitro groups is 2. The molecule has 2 N–H and O–H groups in total. The van der Waals surface area contributed by atoms with E-state index in [1.54, 1.807) is 25.1 Å². The normalized spacial score (nSPS) is 10.6. The van der Waals surface area contributed by atoms with Crippen molar-refractivity contribution in [3.8, 4) is 0 Å². The van der Waals surface area contributed by atoms with E-state index in [1.165, 1.54) is 48.5 Å². The van der Waals surface area contributed by atoms with Gasteiger partial charge in [-0.15, -0.1) is 11.3 Å². The van der Waals surface area contributed by atoms with Gasteiger partial charge in [0.1, 0.15) is 10.6 Å². The number of amides is 2. The fraction of sp³-hybridized carbons (Fsp3) is 0.0800. The molecule has 13 heteroatoms. The summed E-state index contributed by atoms with van der Waals surface area (Å²) in [4.78, 5) is 59.2. The van der Waals surface area contributed by atoms with Gasteiger partial charge < -0.3 is 15.4 Å². The molecule has 4 rings (SSSR count). The van der Waals surface area contributed by atoms with Crippen molar-refractivity contribution in [1.29, 1.82) is 0 Å². The number of fused-ring (bicyclic) bond motifs is 1. The smallest absolute Gasteiger partial charge is 0.341 e. The topological polar surface area (TPSA) is 171 Å². The monoisotopic (exact) mass is 534 g/mol. The summed E-state index contributed by atoms with van der Waals surface area (Å²) < 4.78 is 5.66. The second-order valence-corrected chi connectivity index (χ2v) is 8.75. The molecule has 4 aromatic rings. The predicted molar refractivity (Wildman–Crippen MR) is 140 cm³/mol. The van der Waals surface area contributed by atoms with Crippen molar-refractivity contribution in [3.05, 3.63) is 104 Å². The van der Waals surface area contributed by atoms with Gasteiger partial charge in [-0.2, -0.15) is 0 Å². The van der Waals surface area contributed by atoms with Gasteiger partial charge in [0.05, 0.1) is 26.8 Å². The third kappa shape index (κ3) is 5.32. The Labute approximate surface area is 218 Å². The molecule has 0 aliphatic carbocycles. The Balaban J connectivity index is 1.69. The lowest BCUT2D eigenvalue weighted by Crippen LogP contribution is -2.14. The number of carbonyl (C=O) groups is 3. The Morgan fingerprint density at radius 3 is 1.84 bits per heavy atom. The first-order valence-corrected chi connectivity index (χ1v) is 11.9. The van der Waals surface area contributed by atoms with Crippen LogP contribution in [0.2, 0.25) is 0 Å². The van der Waals surface area contributed by atoms with E-state index < -0.39 is 27.6 Å². The summed E-state index contributed by atoms with van der Waals surface area (Å²) in [6.07, 6.45) is 0. The van der Waals surface area contributed by atoms with Crippen LogP contribution in [-0.2, 0) is 4.74 Å². The van der Waals surface area contributed by atoms with Crippen molar-refractivity contribution in [3.63, 3.8) is 0 Å². The van der Waals surface area contributed by atoms with Crippen molar-refractivity contribution in [1.82, 2.24) is 0 Å². The second-order valence-electron chi connectivity index (χ2n) is 7.73. The number of nitrogens with zero attached hydrogens (tertiary/aromatic N) is 2. The molecule has 0 atom stereocenters. The van der Waals surface area contributed by atoms with E-state index in [2.05, 4.69) is 10.6 Å². The van der Waals surface area contributed by atoms with Crippen LogP contribution >= 0.6 is 11.3 Å². The minimum Gasteiger partial charge on any atom is -0.462 e. The lowest BCUT2D eigenvalue weighted by atomic mass is 10.1. The highest BCUT2D eigenvalue weighted by Crippen LogP contribution is 2.40. The first-order valence-electron chi connectivity index (χ1n) is 11.0. The summed E-state index contributed by atoms with van der Waals surface area (Å²) in [7, 11) is 0. The number of carbonyl (C=O) groups excluding carboxylic acids is 3. The minimum atomic E-state index is -0.684. The SMILES string of the molecule is CCOC(=O)c1c(NC(=O)c2ccc([N+](=O)[O-])cc2)sc2c(NC(=O)c3ccc([N+](=O)[O-])cc3)cccc12. The average Bonchev–Trinajstić information content (AvgIpc) is 3.27. The van der Waals surface area contributed by atoms with E-state index in [0.717, 1.165) is 11.3 Å². The molecule has 2 amide bonds. The largest absolute Gasteiger partial charge is 0.462 e. The third-order valence-electron chi connectivity index (χ3n) is 5.35. The summed E-state index contributed by atoms with van der Waals surface area (Å²) in [5.74, 6) is -1.82. The third-order valence-corrected chi connectivity index (χ3v) is 6.51. The molecule has 3 aromatic carbocycles. The fourth-order valence-corrected chi connectivity index (χ4v) is 4.70. The summed E-state index contributed by atoms with van der Waals surface area (Å²) >= 11 is 1.03. The fourth-order valence-electron chi connectivity index (χ4n) is 3.55. The van der Waals surface area contributed by atoms with E-state index in [4.69, 9.17) is 4.74 Å². The van der Waals surface area contributed by atoms with Gasteiger partial charge in [-0.1, -0.05) is 12.1 Å². The highest BCUT2D eigenvalue weighted by Gasteiger charge is 2.24. The molecule has 192 valence electrons. The van der Waals surface area contributed by atoms with Crippen LogP contribution in [0.4, 0.5) is 22.1 Å². The molecule has 0 fully saturated rings. The van der Waals surface area contributed by atoms with E-state index in [1.807, 2.05) is 0 Å². The van der Waals surface area contributed by atoms with Crippen LogP contribution in [0.15, 0.2) is 66.7 Å². The van der Waals surface area contributed by atoms with Gasteiger partial charge in [-0.3, -0.25) is 29.8 Å². The minimum absolute atomic E-state index is 0.0858. The summed E-state index contributed by atoms with van der Waals surface area (Å²) in [5.41, 5.74) is 0.417. The number of non-ortho nitro benzene ring substituents is 2. The Kier molecular flexibility index (Phi) is 7.39. The van der Waals surface area contributed by atoms with E-state index >= 15 is 0 Å². The number of ether oxygens (including phenoxy) is 1. The number of hydrogen-bond acceptors (Lipinski definition) is 9. The molecule has 0 spiro atoms. The first kappa shape index (κ1) is 25.9. The Bertz CT molecular complexity index is 1580. The highest BCUT2D eigenvalue weighted by atomic mass is 32.1. The zero-order chi connectivity index (χ0) is 27.4. The molecule has 1 aromatic heterocycles. The maximum absolute atomic E-state index is 12.9. The van der Waals surface area contributed by atoms with Crippen LogP contribution in [-0.4, -0.2) is 34.2 Å². The predicted octanol–water partition coefficient (Wildman–Crippen LogP) is 5.40. The molecule has 0 bridgehead atoms. The van der Waals surface area contributed by atoms with Gasteiger partial charge in [-0.25, -0.2) is 4.79 Å². The van der Waals surface area contributed by atoms with Gasteiger partial charge >= 0.3 is 5.97 Å². The lowest BCUT2D eigenvalue weighted by molar-refractivity contribution is -0.385. The lowest BCUT2D eigenvalue weighted by Gasteiger charge is -2.07. The van der Waals surface area contributed by atoms with E-state index in [-0.39, 0.29) is 39.7 Å². The molecule has 0 radical (unpaired) electrons. The van der Waals surface area contributed by atoms with Gasteiger partial charge in [0, 0.05) is 40.8 Å². The van der Waals surface area contributed by atoms with Gasteiger partial charge in [-0.05, 0) is 37.3 Å². The quantitative estimate of drug-likeness (QED) is 0.172. The maximum atomic E-state index is 12.9. The van der Waals surface area contributed by atoms with E-state index in [0.29, 0.717) is 15.8 Å². The van der Waals surface area contributed by atoms with Gasteiger partial charge in [0.15, 0.2) is 0 Å².